The first kappa shape index (κ1) is 22.2. The summed E-state index contributed by atoms with van der Waals surface area (Å²) < 4.78 is 2.20. The molecule has 0 radical (unpaired) electrons. The molecule has 0 unspecified atom stereocenters. The third-order valence-corrected chi connectivity index (χ3v) is 6.93. The minimum absolute atomic E-state index is 0.0447. The van der Waals surface area contributed by atoms with Crippen molar-refractivity contribution in [1.29, 1.82) is 0 Å². The molecule has 3 N–H and O–H groups in total. The number of hydrogen-bond acceptors (Lipinski definition) is 3. The van der Waals surface area contributed by atoms with Crippen molar-refractivity contribution in [1.82, 2.24) is 9.88 Å². The highest BCUT2D eigenvalue weighted by atomic mass is 32.1. The van der Waals surface area contributed by atoms with Gasteiger partial charge in [0.15, 0.2) is 5.11 Å². The molecule has 2 aromatic carbocycles. The van der Waals surface area contributed by atoms with Crippen molar-refractivity contribution in [3.63, 3.8) is 0 Å². The van der Waals surface area contributed by atoms with Crippen LogP contribution in [-0.4, -0.2) is 26.9 Å². The Morgan fingerprint density at radius 2 is 1.91 bits per heavy atom. The number of benzene rings is 2. The lowest BCUT2D eigenvalue weighted by Crippen LogP contribution is -2.36. The van der Waals surface area contributed by atoms with Crippen molar-refractivity contribution in [3.05, 3.63) is 58.8 Å². The molecular formula is C26H31N3O2S. The highest BCUT2D eigenvalue weighted by Crippen LogP contribution is 2.47. The van der Waals surface area contributed by atoms with E-state index in [0.717, 1.165) is 36.2 Å². The molecule has 0 atom stereocenters. The molecule has 1 saturated carbocycles. The Morgan fingerprint density at radius 3 is 2.53 bits per heavy atom. The molecule has 1 aliphatic rings. The van der Waals surface area contributed by atoms with Gasteiger partial charge in [-0.25, -0.2) is 0 Å². The van der Waals surface area contributed by atoms with E-state index in [9.17, 15) is 10.2 Å². The van der Waals surface area contributed by atoms with Crippen molar-refractivity contribution in [2.75, 3.05) is 11.9 Å². The number of thiocarbonyl (C=S) groups is 1. The van der Waals surface area contributed by atoms with Crippen LogP contribution in [0.25, 0.3) is 16.6 Å². The number of anilines is 1. The van der Waals surface area contributed by atoms with Crippen LogP contribution in [0.1, 0.15) is 54.5 Å². The van der Waals surface area contributed by atoms with E-state index in [-0.39, 0.29) is 11.5 Å². The summed E-state index contributed by atoms with van der Waals surface area (Å²) in [5.74, 6) is 0.556. The number of aryl methyl sites for hydroxylation is 2. The normalized spacial score (nSPS) is 14.1. The van der Waals surface area contributed by atoms with Crippen LogP contribution < -0.4 is 10.2 Å². The number of phenols is 2. The summed E-state index contributed by atoms with van der Waals surface area (Å²) in [6, 6.07) is 9.72. The zero-order chi connectivity index (χ0) is 23.2. The average Bonchev–Trinajstić information content (AvgIpc) is 3.59. The molecule has 3 aromatic rings. The Kier molecular flexibility index (Phi) is 5.91. The maximum Gasteiger partial charge on any atom is 0.177 e. The third kappa shape index (κ3) is 3.73. The molecule has 0 spiro atoms. The average molecular weight is 450 g/mol. The molecule has 0 bridgehead atoms. The number of phenolic OH excluding ortho intramolecular Hbond substituents is 2. The lowest BCUT2D eigenvalue weighted by molar-refractivity contribution is 0.445. The summed E-state index contributed by atoms with van der Waals surface area (Å²) in [4.78, 5) is 1.98. The number of aromatic hydroxyl groups is 2. The van der Waals surface area contributed by atoms with Crippen molar-refractivity contribution < 1.29 is 10.2 Å². The van der Waals surface area contributed by atoms with Crippen molar-refractivity contribution in [2.45, 2.75) is 46.0 Å². The molecule has 1 heterocycles. The quantitative estimate of drug-likeness (QED) is 0.427. The largest absolute Gasteiger partial charge is 0.508 e. The SMILES string of the molecule is CCC=C(c1cc(C2CC2)c(O)cc1O)N(C(=S)NC)c1ccc2c(c1)c(C)c(C)n2C. The molecular weight excluding hydrogens is 418 g/mol. The molecule has 5 nitrogen and oxygen atoms in total. The van der Waals surface area contributed by atoms with E-state index in [2.05, 4.69) is 62.0 Å². The van der Waals surface area contributed by atoms with Crippen LogP contribution in [0, 0.1) is 13.8 Å². The third-order valence-electron chi connectivity index (χ3n) is 6.54. The van der Waals surface area contributed by atoms with Gasteiger partial charge in [0.05, 0.1) is 5.70 Å². The van der Waals surface area contributed by atoms with Gasteiger partial charge in [-0.15, -0.1) is 0 Å². The molecule has 0 saturated heterocycles. The Morgan fingerprint density at radius 1 is 1.19 bits per heavy atom. The molecule has 4 rings (SSSR count). The highest BCUT2D eigenvalue weighted by Gasteiger charge is 2.29. The van der Waals surface area contributed by atoms with Gasteiger partial charge in [-0.1, -0.05) is 13.0 Å². The van der Waals surface area contributed by atoms with Gasteiger partial charge >= 0.3 is 0 Å². The predicted molar refractivity (Wildman–Crippen MR) is 137 cm³/mol. The van der Waals surface area contributed by atoms with E-state index in [4.69, 9.17) is 12.2 Å². The van der Waals surface area contributed by atoms with Gasteiger partial charge in [-0.3, -0.25) is 4.90 Å². The lowest BCUT2D eigenvalue weighted by atomic mass is 10.0. The first-order chi connectivity index (χ1) is 15.3. The van der Waals surface area contributed by atoms with Crippen LogP contribution in [0.5, 0.6) is 11.5 Å². The van der Waals surface area contributed by atoms with E-state index >= 15 is 0 Å². The number of fused-ring (bicyclic) bond motifs is 1. The molecule has 6 heteroatoms. The summed E-state index contributed by atoms with van der Waals surface area (Å²) in [7, 11) is 3.89. The van der Waals surface area contributed by atoms with E-state index in [1.165, 1.54) is 28.2 Å². The fourth-order valence-electron chi connectivity index (χ4n) is 4.40. The molecule has 1 aromatic heterocycles. The fraction of sp³-hybridized carbons (Fsp3) is 0.346. The second-order valence-electron chi connectivity index (χ2n) is 8.56. The topological polar surface area (TPSA) is 60.7 Å². The van der Waals surface area contributed by atoms with Crippen LogP contribution in [0.2, 0.25) is 0 Å². The van der Waals surface area contributed by atoms with E-state index in [1.54, 1.807) is 0 Å². The Hall–Kier alpha value is -2.99. The molecule has 168 valence electrons. The van der Waals surface area contributed by atoms with Crippen molar-refractivity contribution in [3.8, 4) is 11.5 Å². The minimum atomic E-state index is 0.0447. The second kappa shape index (κ2) is 8.51. The van der Waals surface area contributed by atoms with Gasteiger partial charge in [-0.2, -0.15) is 0 Å². The van der Waals surface area contributed by atoms with Gasteiger partial charge < -0.3 is 20.1 Å². The maximum absolute atomic E-state index is 10.8. The zero-order valence-corrected chi connectivity index (χ0v) is 20.2. The lowest BCUT2D eigenvalue weighted by Gasteiger charge is -2.29. The molecule has 0 aliphatic heterocycles. The maximum atomic E-state index is 10.8. The van der Waals surface area contributed by atoms with Gasteiger partial charge in [0.1, 0.15) is 11.5 Å². The molecule has 0 amide bonds. The number of aromatic nitrogens is 1. The summed E-state index contributed by atoms with van der Waals surface area (Å²) in [5.41, 5.74) is 6.93. The van der Waals surface area contributed by atoms with E-state index in [0.29, 0.717) is 16.6 Å². The Bertz CT molecular complexity index is 1240. The number of nitrogens with one attached hydrogen (secondary N) is 1. The van der Waals surface area contributed by atoms with E-state index < -0.39 is 0 Å². The molecule has 32 heavy (non-hydrogen) atoms. The smallest absolute Gasteiger partial charge is 0.177 e. The van der Waals surface area contributed by atoms with Crippen LogP contribution in [-0.2, 0) is 7.05 Å². The first-order valence-corrected chi connectivity index (χ1v) is 11.5. The van der Waals surface area contributed by atoms with E-state index in [1.807, 2.05) is 18.0 Å². The molecule has 1 aliphatic carbocycles. The Balaban J connectivity index is 1.91. The minimum Gasteiger partial charge on any atom is -0.508 e. The zero-order valence-electron chi connectivity index (χ0n) is 19.4. The number of rotatable bonds is 5. The van der Waals surface area contributed by atoms with Crippen LogP contribution >= 0.6 is 12.2 Å². The fourth-order valence-corrected chi connectivity index (χ4v) is 4.60. The number of nitrogens with zero attached hydrogens (tertiary/aromatic N) is 2. The summed E-state index contributed by atoms with van der Waals surface area (Å²) in [6.45, 7) is 6.33. The van der Waals surface area contributed by atoms with Crippen LogP contribution in [0.4, 0.5) is 5.69 Å². The second-order valence-corrected chi connectivity index (χ2v) is 8.95. The van der Waals surface area contributed by atoms with Crippen LogP contribution in [0.15, 0.2) is 36.4 Å². The molecule has 1 fully saturated rings. The standard InChI is InChI=1S/C26H31N3O2S/c1-6-7-23(21-13-20(17-8-9-17)24(30)14-25(21)31)29(26(32)27-4)18-10-11-22-19(12-18)15(2)16(3)28(22)5/h7,10-14,17,30-31H,6,8-9H2,1-5H3,(H,27,32). The number of allylic oxidation sites excluding steroid dienone is 1. The monoisotopic (exact) mass is 449 g/mol. The summed E-state index contributed by atoms with van der Waals surface area (Å²) in [5, 5.41) is 26.0. The van der Waals surface area contributed by atoms with Crippen molar-refractivity contribution >= 4 is 39.6 Å². The highest BCUT2D eigenvalue weighted by molar-refractivity contribution is 7.80. The van der Waals surface area contributed by atoms with Crippen molar-refractivity contribution in [2.24, 2.45) is 7.05 Å². The van der Waals surface area contributed by atoms with Gasteiger partial charge in [0, 0.05) is 48.0 Å². The van der Waals surface area contributed by atoms with Gasteiger partial charge in [0.2, 0.25) is 0 Å². The Labute approximate surface area is 195 Å². The summed E-state index contributed by atoms with van der Waals surface area (Å²) >= 11 is 5.74. The number of hydrogen-bond donors (Lipinski definition) is 3. The van der Waals surface area contributed by atoms with Gasteiger partial charge in [-0.05, 0) is 86.6 Å². The van der Waals surface area contributed by atoms with Gasteiger partial charge in [0.25, 0.3) is 0 Å². The predicted octanol–water partition coefficient (Wildman–Crippen LogP) is 5.85. The summed E-state index contributed by atoms with van der Waals surface area (Å²) in [6.07, 6.45) is 4.96. The first-order valence-electron chi connectivity index (χ1n) is 11.1. The van der Waals surface area contributed by atoms with Crippen LogP contribution in [0.3, 0.4) is 0 Å².